The number of hydrogen-bond acceptors (Lipinski definition) is 3. The van der Waals surface area contributed by atoms with Crippen molar-refractivity contribution in [2.45, 2.75) is 31.7 Å². The lowest BCUT2D eigenvalue weighted by molar-refractivity contribution is -0.195. The summed E-state index contributed by atoms with van der Waals surface area (Å²) in [5.74, 6) is -1.68. The van der Waals surface area contributed by atoms with Crippen LogP contribution in [0.4, 0.5) is 18.0 Å². The third-order valence-corrected chi connectivity index (χ3v) is 2.72. The van der Waals surface area contributed by atoms with Crippen molar-refractivity contribution in [1.29, 1.82) is 0 Å². The van der Waals surface area contributed by atoms with Crippen molar-refractivity contribution in [3.63, 3.8) is 0 Å². The zero-order valence-electron chi connectivity index (χ0n) is 11.1. The Balaban J connectivity index is 2.67. The number of benzene rings is 1. The summed E-state index contributed by atoms with van der Waals surface area (Å²) in [6.07, 6.45) is -7.55. The summed E-state index contributed by atoms with van der Waals surface area (Å²) in [5, 5.41) is 10.1. The number of amides is 1. The Hall–Kier alpha value is -2.25. The van der Waals surface area contributed by atoms with E-state index in [2.05, 4.69) is 4.74 Å². The number of carboxylic acid groups (broad SMARTS) is 1. The van der Waals surface area contributed by atoms with Gasteiger partial charge in [-0.2, -0.15) is 13.2 Å². The monoisotopic (exact) mass is 305 g/mol. The zero-order chi connectivity index (χ0) is 16.1. The molecule has 0 saturated carbocycles. The molecule has 5 nitrogen and oxygen atoms in total. The quantitative estimate of drug-likeness (QED) is 0.877. The molecule has 0 bridgehead atoms. The van der Waals surface area contributed by atoms with Crippen molar-refractivity contribution in [2.75, 3.05) is 0 Å². The second-order valence-electron chi connectivity index (χ2n) is 4.59. The maximum absolute atomic E-state index is 12.9. The van der Waals surface area contributed by atoms with Gasteiger partial charge in [-0.05, 0) is 12.5 Å². The van der Waals surface area contributed by atoms with Crippen LogP contribution in [0.15, 0.2) is 30.3 Å². The molecule has 1 rings (SSSR count). The van der Waals surface area contributed by atoms with Crippen molar-refractivity contribution < 1.29 is 32.6 Å². The van der Waals surface area contributed by atoms with Crippen molar-refractivity contribution in [2.24, 2.45) is 0 Å². The molecule has 0 aliphatic heterocycles. The molecule has 1 aromatic rings. The summed E-state index contributed by atoms with van der Waals surface area (Å²) in [4.78, 5) is 22.0. The SMILES string of the molecule is CC(CC(=O)O)(NC(=O)OCc1ccccc1)C(F)(F)F. The van der Waals surface area contributed by atoms with Gasteiger partial charge in [-0.25, -0.2) is 4.79 Å². The summed E-state index contributed by atoms with van der Waals surface area (Å²) >= 11 is 0. The summed E-state index contributed by atoms with van der Waals surface area (Å²) < 4.78 is 43.2. The smallest absolute Gasteiger partial charge is 0.411 e. The van der Waals surface area contributed by atoms with Gasteiger partial charge in [0.2, 0.25) is 0 Å². The molecule has 0 saturated heterocycles. The maximum Gasteiger partial charge on any atom is 0.411 e. The van der Waals surface area contributed by atoms with Crippen LogP contribution in [0.2, 0.25) is 0 Å². The first kappa shape index (κ1) is 16.8. The number of carbonyl (C=O) groups excluding carboxylic acids is 1. The Labute approximate surface area is 118 Å². The van der Waals surface area contributed by atoms with Crippen LogP contribution in [0.25, 0.3) is 0 Å². The van der Waals surface area contributed by atoms with Crippen LogP contribution in [0, 0.1) is 0 Å². The number of alkyl halides is 3. The van der Waals surface area contributed by atoms with Crippen molar-refractivity contribution in [1.82, 2.24) is 5.32 Å². The number of alkyl carbamates (subject to hydrolysis) is 1. The fraction of sp³-hybridized carbons (Fsp3) is 0.385. The van der Waals surface area contributed by atoms with E-state index in [1.54, 1.807) is 35.6 Å². The fourth-order valence-corrected chi connectivity index (χ4v) is 1.50. The molecule has 1 aromatic carbocycles. The standard InChI is InChI=1S/C13H14F3NO4/c1-12(7-10(18)19,13(14,15)16)17-11(20)21-8-9-5-3-2-4-6-9/h2-6H,7-8H2,1H3,(H,17,20)(H,18,19). The predicted octanol–water partition coefficient (Wildman–Crippen LogP) is 2.71. The fourth-order valence-electron chi connectivity index (χ4n) is 1.50. The normalized spacial score (nSPS) is 14.1. The number of ether oxygens (including phenoxy) is 1. The second kappa shape index (κ2) is 6.47. The van der Waals surface area contributed by atoms with E-state index in [-0.39, 0.29) is 6.61 Å². The molecular formula is C13H14F3NO4. The Morgan fingerprint density at radius 1 is 1.24 bits per heavy atom. The summed E-state index contributed by atoms with van der Waals surface area (Å²) in [6, 6.07) is 8.36. The lowest BCUT2D eigenvalue weighted by atomic mass is 9.97. The Kier molecular flexibility index (Phi) is 5.17. The average Bonchev–Trinajstić information content (AvgIpc) is 2.35. The van der Waals surface area contributed by atoms with Gasteiger partial charge >= 0.3 is 18.2 Å². The lowest BCUT2D eigenvalue weighted by Gasteiger charge is -2.31. The predicted molar refractivity (Wildman–Crippen MR) is 66.5 cm³/mol. The van der Waals surface area contributed by atoms with E-state index in [1.807, 2.05) is 0 Å². The molecule has 0 heterocycles. The number of rotatable bonds is 5. The number of carbonyl (C=O) groups is 2. The number of carboxylic acids is 1. The van der Waals surface area contributed by atoms with E-state index in [4.69, 9.17) is 5.11 Å². The Morgan fingerprint density at radius 3 is 2.29 bits per heavy atom. The van der Waals surface area contributed by atoms with Crippen LogP contribution in [0.1, 0.15) is 18.9 Å². The molecule has 8 heteroatoms. The van der Waals surface area contributed by atoms with E-state index < -0.39 is 30.2 Å². The number of hydrogen-bond donors (Lipinski definition) is 2. The number of halogens is 3. The van der Waals surface area contributed by atoms with Gasteiger partial charge in [0.05, 0.1) is 6.42 Å². The zero-order valence-corrected chi connectivity index (χ0v) is 11.1. The van der Waals surface area contributed by atoms with Gasteiger partial charge in [0, 0.05) is 0 Å². The van der Waals surface area contributed by atoms with E-state index >= 15 is 0 Å². The number of aliphatic carboxylic acids is 1. The molecule has 0 spiro atoms. The molecule has 2 N–H and O–H groups in total. The van der Waals surface area contributed by atoms with Crippen LogP contribution in [-0.4, -0.2) is 28.9 Å². The van der Waals surface area contributed by atoms with Crippen LogP contribution < -0.4 is 5.32 Å². The third kappa shape index (κ3) is 4.97. The highest BCUT2D eigenvalue weighted by atomic mass is 19.4. The average molecular weight is 305 g/mol. The second-order valence-corrected chi connectivity index (χ2v) is 4.59. The van der Waals surface area contributed by atoms with Gasteiger partial charge in [-0.1, -0.05) is 30.3 Å². The van der Waals surface area contributed by atoms with Gasteiger partial charge < -0.3 is 15.2 Å². The minimum absolute atomic E-state index is 0.215. The first-order chi connectivity index (χ1) is 9.64. The molecule has 0 aliphatic carbocycles. The summed E-state index contributed by atoms with van der Waals surface area (Å²) in [6.45, 7) is 0.374. The Morgan fingerprint density at radius 2 is 1.81 bits per heavy atom. The van der Waals surface area contributed by atoms with Gasteiger partial charge in [0.15, 0.2) is 0 Å². The third-order valence-electron chi connectivity index (χ3n) is 2.72. The molecule has 21 heavy (non-hydrogen) atoms. The van der Waals surface area contributed by atoms with E-state index in [1.165, 1.54) is 0 Å². The molecule has 0 fully saturated rings. The molecule has 0 radical (unpaired) electrons. The minimum Gasteiger partial charge on any atom is -0.481 e. The summed E-state index contributed by atoms with van der Waals surface area (Å²) in [5.41, 5.74) is -2.30. The van der Waals surface area contributed by atoms with Crippen LogP contribution >= 0.6 is 0 Å². The maximum atomic E-state index is 12.9. The van der Waals surface area contributed by atoms with Gasteiger partial charge in [0.1, 0.15) is 12.1 Å². The first-order valence-electron chi connectivity index (χ1n) is 5.91. The molecule has 1 unspecified atom stereocenters. The number of nitrogens with one attached hydrogen (secondary N) is 1. The van der Waals surface area contributed by atoms with Gasteiger partial charge in [-0.3, -0.25) is 4.79 Å². The van der Waals surface area contributed by atoms with Crippen molar-refractivity contribution in [3.05, 3.63) is 35.9 Å². The van der Waals surface area contributed by atoms with Gasteiger partial charge in [-0.15, -0.1) is 0 Å². The van der Waals surface area contributed by atoms with Crippen molar-refractivity contribution >= 4 is 12.1 Å². The van der Waals surface area contributed by atoms with Gasteiger partial charge in [0.25, 0.3) is 0 Å². The topological polar surface area (TPSA) is 75.6 Å². The van der Waals surface area contributed by atoms with E-state index in [0.29, 0.717) is 12.5 Å². The highest BCUT2D eigenvalue weighted by Crippen LogP contribution is 2.33. The largest absolute Gasteiger partial charge is 0.481 e. The summed E-state index contributed by atoms with van der Waals surface area (Å²) in [7, 11) is 0. The minimum atomic E-state index is -4.92. The highest BCUT2D eigenvalue weighted by Gasteiger charge is 2.53. The molecule has 0 aromatic heterocycles. The molecule has 116 valence electrons. The van der Waals surface area contributed by atoms with Crippen molar-refractivity contribution in [3.8, 4) is 0 Å². The lowest BCUT2D eigenvalue weighted by Crippen LogP contribution is -2.57. The highest BCUT2D eigenvalue weighted by molar-refractivity contribution is 5.72. The molecule has 1 amide bonds. The van der Waals surface area contributed by atoms with E-state index in [0.717, 1.165) is 0 Å². The first-order valence-corrected chi connectivity index (χ1v) is 5.91. The molecule has 1 atom stereocenters. The van der Waals surface area contributed by atoms with Crippen LogP contribution in [0.5, 0.6) is 0 Å². The molecular weight excluding hydrogens is 291 g/mol. The Bertz CT molecular complexity index is 504. The van der Waals surface area contributed by atoms with E-state index in [9.17, 15) is 22.8 Å². The van der Waals surface area contributed by atoms with Crippen LogP contribution in [0.3, 0.4) is 0 Å². The van der Waals surface area contributed by atoms with Crippen LogP contribution in [-0.2, 0) is 16.1 Å². The molecule has 0 aliphatic rings.